The molecule has 0 fully saturated rings. The number of thiophene rings is 1. The number of carbonyl (C=O) groups excluding carboxylic acids is 2. The lowest BCUT2D eigenvalue weighted by Crippen LogP contribution is -2.11. The highest BCUT2D eigenvalue weighted by molar-refractivity contribution is 7.16. The molecule has 25 heavy (non-hydrogen) atoms. The van der Waals surface area contributed by atoms with Crippen molar-refractivity contribution in [3.8, 4) is 0 Å². The number of rotatable bonds is 3. The van der Waals surface area contributed by atoms with Gasteiger partial charge >= 0.3 is 5.97 Å². The molecule has 0 unspecified atom stereocenters. The SMILES string of the molecule is COC(=O)c1ccc(C(=O)Nc2ccc3c(C)c(C)c(C)nc3n2)s1. The zero-order valence-electron chi connectivity index (χ0n) is 14.3. The molecule has 0 aromatic carbocycles. The third-order valence-corrected chi connectivity index (χ3v) is 5.18. The van der Waals surface area contributed by atoms with Crippen molar-refractivity contribution >= 4 is 40.1 Å². The van der Waals surface area contributed by atoms with Gasteiger partial charge in [0.25, 0.3) is 5.91 Å². The average Bonchev–Trinajstić information content (AvgIpc) is 3.09. The topological polar surface area (TPSA) is 81.2 Å². The van der Waals surface area contributed by atoms with Gasteiger partial charge in [-0.1, -0.05) is 0 Å². The highest BCUT2D eigenvalue weighted by Gasteiger charge is 2.15. The largest absolute Gasteiger partial charge is 0.465 e. The number of pyridine rings is 2. The number of methoxy groups -OCH3 is 1. The molecule has 0 aliphatic rings. The van der Waals surface area contributed by atoms with Gasteiger partial charge < -0.3 is 10.1 Å². The summed E-state index contributed by atoms with van der Waals surface area (Å²) in [6.07, 6.45) is 0. The van der Waals surface area contributed by atoms with Crippen LogP contribution in [0.15, 0.2) is 24.3 Å². The van der Waals surface area contributed by atoms with E-state index in [2.05, 4.69) is 20.0 Å². The summed E-state index contributed by atoms with van der Waals surface area (Å²) in [5.41, 5.74) is 3.79. The number of esters is 1. The number of fused-ring (bicyclic) bond motifs is 1. The second kappa shape index (κ2) is 6.60. The first-order chi connectivity index (χ1) is 11.9. The van der Waals surface area contributed by atoms with Crippen LogP contribution in [-0.4, -0.2) is 29.0 Å². The van der Waals surface area contributed by atoms with E-state index in [0.29, 0.717) is 21.2 Å². The fourth-order valence-electron chi connectivity index (χ4n) is 2.46. The Morgan fingerprint density at radius 2 is 1.72 bits per heavy atom. The van der Waals surface area contributed by atoms with E-state index in [0.717, 1.165) is 33.5 Å². The van der Waals surface area contributed by atoms with Crippen LogP contribution in [0, 0.1) is 20.8 Å². The van der Waals surface area contributed by atoms with E-state index < -0.39 is 5.97 Å². The summed E-state index contributed by atoms with van der Waals surface area (Å²) in [6.45, 7) is 6.00. The highest BCUT2D eigenvalue weighted by Crippen LogP contribution is 2.23. The number of aromatic nitrogens is 2. The molecular formula is C18H17N3O3S. The second-order valence-electron chi connectivity index (χ2n) is 5.62. The molecule has 3 aromatic rings. The van der Waals surface area contributed by atoms with Gasteiger partial charge in [-0.2, -0.15) is 0 Å². The summed E-state index contributed by atoms with van der Waals surface area (Å²) in [5.74, 6) is -0.369. The molecule has 6 nitrogen and oxygen atoms in total. The zero-order valence-corrected chi connectivity index (χ0v) is 15.2. The van der Waals surface area contributed by atoms with Crippen LogP contribution in [-0.2, 0) is 4.74 Å². The minimum atomic E-state index is -0.460. The maximum absolute atomic E-state index is 12.3. The first kappa shape index (κ1) is 17.0. The van der Waals surface area contributed by atoms with Gasteiger partial charge in [-0.25, -0.2) is 14.8 Å². The molecule has 1 N–H and O–H groups in total. The molecule has 0 saturated carbocycles. The minimum Gasteiger partial charge on any atom is -0.465 e. The fourth-order valence-corrected chi connectivity index (χ4v) is 3.28. The monoisotopic (exact) mass is 355 g/mol. The van der Waals surface area contributed by atoms with Crippen LogP contribution in [0.2, 0.25) is 0 Å². The second-order valence-corrected chi connectivity index (χ2v) is 6.71. The van der Waals surface area contributed by atoms with Crippen molar-refractivity contribution in [3.05, 3.63) is 50.8 Å². The third-order valence-electron chi connectivity index (χ3n) is 4.12. The molecule has 0 bridgehead atoms. The van der Waals surface area contributed by atoms with Crippen LogP contribution in [0.1, 0.15) is 36.2 Å². The number of amides is 1. The maximum Gasteiger partial charge on any atom is 0.348 e. The van der Waals surface area contributed by atoms with Crippen LogP contribution in [0.4, 0.5) is 5.82 Å². The van der Waals surface area contributed by atoms with E-state index in [1.54, 1.807) is 18.2 Å². The third kappa shape index (κ3) is 3.23. The lowest BCUT2D eigenvalue weighted by molar-refractivity contribution is 0.0606. The molecule has 0 aliphatic heterocycles. The number of hydrogen-bond acceptors (Lipinski definition) is 6. The molecule has 128 valence electrons. The Morgan fingerprint density at radius 1 is 1.00 bits per heavy atom. The molecule has 0 atom stereocenters. The Kier molecular flexibility index (Phi) is 4.50. The van der Waals surface area contributed by atoms with Crippen LogP contribution >= 0.6 is 11.3 Å². The number of nitrogens with one attached hydrogen (secondary N) is 1. The van der Waals surface area contributed by atoms with E-state index in [9.17, 15) is 9.59 Å². The van der Waals surface area contributed by atoms with Crippen LogP contribution in [0.5, 0.6) is 0 Å². The van der Waals surface area contributed by atoms with Crippen LogP contribution in [0.25, 0.3) is 11.0 Å². The molecular weight excluding hydrogens is 338 g/mol. The lowest BCUT2D eigenvalue weighted by Gasteiger charge is -2.09. The van der Waals surface area contributed by atoms with Crippen molar-refractivity contribution in [2.45, 2.75) is 20.8 Å². The predicted molar refractivity (Wildman–Crippen MR) is 97.4 cm³/mol. The number of ether oxygens (including phenoxy) is 1. The van der Waals surface area contributed by atoms with Crippen molar-refractivity contribution in [3.63, 3.8) is 0 Å². The molecule has 0 aliphatic carbocycles. The molecule has 0 spiro atoms. The number of aryl methyl sites for hydroxylation is 2. The molecule has 3 aromatic heterocycles. The summed E-state index contributed by atoms with van der Waals surface area (Å²) in [5, 5.41) is 3.71. The van der Waals surface area contributed by atoms with Crippen molar-refractivity contribution in [1.82, 2.24) is 9.97 Å². The molecule has 0 radical (unpaired) electrons. The van der Waals surface area contributed by atoms with Gasteiger partial charge in [0.05, 0.1) is 12.0 Å². The van der Waals surface area contributed by atoms with Gasteiger partial charge in [-0.15, -0.1) is 11.3 Å². The summed E-state index contributed by atoms with van der Waals surface area (Å²) in [7, 11) is 1.31. The zero-order chi connectivity index (χ0) is 18.1. The number of carbonyl (C=O) groups is 2. The van der Waals surface area contributed by atoms with Crippen molar-refractivity contribution < 1.29 is 14.3 Å². The van der Waals surface area contributed by atoms with Crippen molar-refractivity contribution in [2.75, 3.05) is 12.4 Å². The van der Waals surface area contributed by atoms with Crippen molar-refractivity contribution in [2.24, 2.45) is 0 Å². The minimum absolute atomic E-state index is 0.326. The highest BCUT2D eigenvalue weighted by atomic mass is 32.1. The Hall–Kier alpha value is -2.80. The quantitative estimate of drug-likeness (QED) is 0.725. The summed E-state index contributed by atoms with van der Waals surface area (Å²) < 4.78 is 4.65. The Morgan fingerprint density at radius 3 is 2.44 bits per heavy atom. The first-order valence-corrected chi connectivity index (χ1v) is 8.46. The maximum atomic E-state index is 12.3. The van der Waals surface area contributed by atoms with E-state index >= 15 is 0 Å². The van der Waals surface area contributed by atoms with Gasteiger partial charge in [-0.3, -0.25) is 4.79 Å². The van der Waals surface area contributed by atoms with E-state index in [1.807, 2.05) is 26.8 Å². The fraction of sp³-hybridized carbons (Fsp3) is 0.222. The molecule has 1 amide bonds. The van der Waals surface area contributed by atoms with Crippen LogP contribution in [0.3, 0.4) is 0 Å². The average molecular weight is 355 g/mol. The van der Waals surface area contributed by atoms with Crippen molar-refractivity contribution in [1.29, 1.82) is 0 Å². The first-order valence-electron chi connectivity index (χ1n) is 7.64. The number of nitrogens with zero attached hydrogens (tertiary/aromatic N) is 2. The Bertz CT molecular complexity index is 995. The number of anilines is 1. The van der Waals surface area contributed by atoms with Gasteiger partial charge in [-0.05, 0) is 56.2 Å². The molecule has 0 saturated heterocycles. The van der Waals surface area contributed by atoms with Gasteiger partial charge in [0.1, 0.15) is 10.7 Å². The van der Waals surface area contributed by atoms with Gasteiger partial charge in [0.15, 0.2) is 5.65 Å². The van der Waals surface area contributed by atoms with E-state index in [-0.39, 0.29) is 5.91 Å². The number of hydrogen-bond donors (Lipinski definition) is 1. The Labute approximate surface area is 148 Å². The van der Waals surface area contributed by atoms with Gasteiger partial charge in [0, 0.05) is 11.1 Å². The molecule has 3 heterocycles. The van der Waals surface area contributed by atoms with E-state index in [1.165, 1.54) is 7.11 Å². The Balaban J connectivity index is 1.87. The van der Waals surface area contributed by atoms with Crippen LogP contribution < -0.4 is 5.32 Å². The standard InChI is InChI=1S/C18H17N3O3S/c1-9-10(2)12-5-8-15(20-16(12)19-11(9)3)21-17(22)13-6-7-14(25-13)18(23)24-4/h5-8H,1-4H3,(H,19,20,21,22). The lowest BCUT2D eigenvalue weighted by atomic mass is 10.1. The molecule has 3 rings (SSSR count). The predicted octanol–water partition coefficient (Wildman–Crippen LogP) is 3.66. The smallest absolute Gasteiger partial charge is 0.348 e. The summed E-state index contributed by atoms with van der Waals surface area (Å²) in [4.78, 5) is 33.5. The molecule has 7 heteroatoms. The normalized spacial score (nSPS) is 10.7. The summed E-state index contributed by atoms with van der Waals surface area (Å²) >= 11 is 1.07. The van der Waals surface area contributed by atoms with E-state index in [4.69, 9.17) is 0 Å². The van der Waals surface area contributed by atoms with Gasteiger partial charge in [0.2, 0.25) is 0 Å². The summed E-state index contributed by atoms with van der Waals surface area (Å²) in [6, 6.07) is 6.80.